The largest absolute Gasteiger partial charge is 0.242 e. The Bertz CT molecular complexity index is 169. The summed E-state index contributed by atoms with van der Waals surface area (Å²) in [7, 11) is 0. The Hall–Kier alpha value is -0.630. The van der Waals surface area contributed by atoms with E-state index in [9.17, 15) is 4.39 Å². The summed E-state index contributed by atoms with van der Waals surface area (Å²) in [5.41, 5.74) is 0. The van der Waals surface area contributed by atoms with Crippen LogP contribution in [0, 0.1) is 5.82 Å². The van der Waals surface area contributed by atoms with Crippen molar-refractivity contribution in [1.29, 1.82) is 0 Å². The van der Waals surface area contributed by atoms with Crippen LogP contribution in [0.5, 0.6) is 0 Å². The SMILES string of the molecule is [18F]c1cccnc1Cl. The lowest BCUT2D eigenvalue weighted by atomic mass is 10.5. The Balaban J connectivity index is 3.13. The maximum atomic E-state index is 12.1. The number of aromatic nitrogens is 1. The number of nitrogens with zero attached hydrogens (tertiary/aromatic N) is 1. The molecule has 0 aromatic carbocycles. The molecule has 0 aliphatic carbocycles. The first-order valence-electron chi connectivity index (χ1n) is 2.07. The van der Waals surface area contributed by atoms with Crippen LogP contribution in [0.2, 0.25) is 5.15 Å². The normalized spacial score (nSPS) is 9.25. The van der Waals surface area contributed by atoms with Gasteiger partial charge in [0.1, 0.15) is 0 Å². The first-order chi connectivity index (χ1) is 3.80. The second kappa shape index (κ2) is 2.09. The maximum Gasteiger partial charge on any atom is 0.164 e. The molecule has 0 fully saturated rings. The molecule has 1 rings (SSSR count). The molecule has 3 heteroatoms. The molecule has 0 radical (unpaired) electrons. The van der Waals surface area contributed by atoms with Gasteiger partial charge in [-0.1, -0.05) is 11.6 Å². The average molecular weight is 131 g/mol. The van der Waals surface area contributed by atoms with Crippen LogP contribution in [-0.2, 0) is 0 Å². The summed E-state index contributed by atoms with van der Waals surface area (Å²) >= 11 is 5.22. The van der Waals surface area contributed by atoms with Crippen molar-refractivity contribution in [2.24, 2.45) is 0 Å². The fourth-order valence-corrected chi connectivity index (χ4v) is 0.486. The van der Waals surface area contributed by atoms with Gasteiger partial charge in [-0.15, -0.1) is 0 Å². The van der Waals surface area contributed by atoms with Crippen LogP contribution in [0.3, 0.4) is 0 Å². The van der Waals surface area contributed by atoms with E-state index >= 15 is 0 Å². The van der Waals surface area contributed by atoms with E-state index in [0.717, 1.165) is 0 Å². The van der Waals surface area contributed by atoms with E-state index in [-0.39, 0.29) is 5.15 Å². The van der Waals surface area contributed by atoms with E-state index in [1.165, 1.54) is 18.3 Å². The van der Waals surface area contributed by atoms with Crippen molar-refractivity contribution < 1.29 is 4.39 Å². The van der Waals surface area contributed by atoms with Gasteiger partial charge in [-0.2, -0.15) is 0 Å². The third kappa shape index (κ3) is 0.954. The molecule has 1 aromatic rings. The Morgan fingerprint density at radius 2 is 2.38 bits per heavy atom. The van der Waals surface area contributed by atoms with Crippen LogP contribution < -0.4 is 0 Å². The van der Waals surface area contributed by atoms with Gasteiger partial charge in [-0.3, -0.25) is 0 Å². The van der Waals surface area contributed by atoms with Crippen molar-refractivity contribution in [2.75, 3.05) is 0 Å². The summed E-state index contributed by atoms with van der Waals surface area (Å²) in [6.07, 6.45) is 1.44. The Morgan fingerprint density at radius 3 is 2.75 bits per heavy atom. The second-order valence-corrected chi connectivity index (χ2v) is 1.63. The predicted octanol–water partition coefficient (Wildman–Crippen LogP) is 1.87. The zero-order valence-corrected chi connectivity index (χ0v) is 4.69. The van der Waals surface area contributed by atoms with E-state index in [0.29, 0.717) is 0 Å². The summed E-state index contributed by atoms with van der Waals surface area (Å²) in [5, 5.41) is -0.0764. The fraction of sp³-hybridized carbons (Fsp3) is 0. The Labute approximate surface area is 51.1 Å². The Morgan fingerprint density at radius 1 is 1.62 bits per heavy atom. The summed E-state index contributed by atoms with van der Waals surface area (Å²) < 4.78 is 12.1. The van der Waals surface area contributed by atoms with Crippen molar-refractivity contribution >= 4 is 11.6 Å². The lowest BCUT2D eigenvalue weighted by molar-refractivity contribution is 0.622. The van der Waals surface area contributed by atoms with Crippen LogP contribution in [0.15, 0.2) is 18.3 Å². The van der Waals surface area contributed by atoms with Crippen molar-refractivity contribution in [3.63, 3.8) is 0 Å². The van der Waals surface area contributed by atoms with Gasteiger partial charge in [0.05, 0.1) is 0 Å². The summed E-state index contributed by atoms with van der Waals surface area (Å²) in [6, 6.07) is 2.75. The highest BCUT2D eigenvalue weighted by Crippen LogP contribution is 2.07. The van der Waals surface area contributed by atoms with Gasteiger partial charge in [0.25, 0.3) is 0 Å². The molecular weight excluding hydrogens is 128 g/mol. The maximum absolute atomic E-state index is 12.1. The third-order valence-corrected chi connectivity index (χ3v) is 0.992. The average Bonchev–Trinajstić information content (AvgIpc) is 1.77. The van der Waals surface area contributed by atoms with E-state index in [1.54, 1.807) is 0 Å². The highest BCUT2D eigenvalue weighted by molar-refractivity contribution is 6.29. The van der Waals surface area contributed by atoms with Crippen LogP contribution >= 0.6 is 11.6 Å². The standard InChI is InChI=1S/C5H3ClFN/c6-5-4(7)2-1-3-8-5/h1-3H/i7-1. The van der Waals surface area contributed by atoms with Crippen LogP contribution in [-0.4, -0.2) is 4.98 Å². The first-order valence-corrected chi connectivity index (χ1v) is 2.44. The number of halogens is 2. The molecule has 0 bridgehead atoms. The van der Waals surface area contributed by atoms with Gasteiger partial charge in [0.2, 0.25) is 0 Å². The molecule has 1 nitrogen and oxygen atoms in total. The number of rotatable bonds is 0. The Kier molecular flexibility index (Phi) is 1.44. The molecule has 8 heavy (non-hydrogen) atoms. The quantitative estimate of drug-likeness (QED) is 0.489. The molecule has 0 saturated carbocycles. The van der Waals surface area contributed by atoms with Crippen LogP contribution in [0.25, 0.3) is 0 Å². The van der Waals surface area contributed by atoms with Crippen molar-refractivity contribution in [2.45, 2.75) is 0 Å². The highest BCUT2D eigenvalue weighted by Gasteiger charge is 1.93. The first kappa shape index (κ1) is 5.51. The minimum absolute atomic E-state index is 0.0764. The van der Waals surface area contributed by atoms with Gasteiger partial charge in [0, 0.05) is 6.20 Å². The van der Waals surface area contributed by atoms with E-state index in [4.69, 9.17) is 11.6 Å². The van der Waals surface area contributed by atoms with Crippen molar-refractivity contribution in [3.8, 4) is 0 Å². The molecule has 1 aromatic heterocycles. The summed E-state index contributed by atoms with van der Waals surface area (Å²) in [5.74, 6) is -0.478. The topological polar surface area (TPSA) is 12.9 Å². The number of hydrogen-bond acceptors (Lipinski definition) is 1. The van der Waals surface area contributed by atoms with Gasteiger partial charge in [-0.25, -0.2) is 9.37 Å². The monoisotopic (exact) mass is 130 g/mol. The lowest BCUT2D eigenvalue weighted by Crippen LogP contribution is -1.77. The molecule has 0 aliphatic rings. The molecular formula is C5H3ClFN. The number of pyridine rings is 1. The third-order valence-electron chi connectivity index (χ3n) is 0.714. The minimum Gasteiger partial charge on any atom is -0.242 e. The van der Waals surface area contributed by atoms with Gasteiger partial charge in [-0.05, 0) is 12.1 Å². The smallest absolute Gasteiger partial charge is 0.164 e. The number of hydrogen-bond donors (Lipinski definition) is 0. The molecule has 0 amide bonds. The van der Waals surface area contributed by atoms with Crippen molar-refractivity contribution in [3.05, 3.63) is 29.3 Å². The molecule has 0 aliphatic heterocycles. The van der Waals surface area contributed by atoms with Gasteiger partial charge in [0.15, 0.2) is 11.0 Å². The predicted molar refractivity (Wildman–Crippen MR) is 29.2 cm³/mol. The lowest BCUT2D eigenvalue weighted by Gasteiger charge is -1.86. The zero-order chi connectivity index (χ0) is 5.98. The zero-order valence-electron chi connectivity index (χ0n) is 3.94. The molecule has 0 spiro atoms. The fourth-order valence-electron chi connectivity index (χ4n) is 0.366. The molecule has 1 heterocycles. The van der Waals surface area contributed by atoms with Gasteiger partial charge >= 0.3 is 0 Å². The summed E-state index contributed by atoms with van der Waals surface area (Å²) in [4.78, 5) is 3.47. The molecule has 0 unspecified atom stereocenters. The van der Waals surface area contributed by atoms with E-state index in [2.05, 4.69) is 4.98 Å². The van der Waals surface area contributed by atoms with E-state index < -0.39 is 5.82 Å². The molecule has 0 N–H and O–H groups in total. The molecule has 42 valence electrons. The van der Waals surface area contributed by atoms with Crippen LogP contribution in [0.4, 0.5) is 4.39 Å². The highest BCUT2D eigenvalue weighted by atomic mass is 35.5. The van der Waals surface area contributed by atoms with Crippen molar-refractivity contribution in [1.82, 2.24) is 4.98 Å². The molecule has 0 atom stereocenters. The van der Waals surface area contributed by atoms with E-state index in [1.807, 2.05) is 0 Å². The molecule has 0 saturated heterocycles. The van der Waals surface area contributed by atoms with Gasteiger partial charge < -0.3 is 0 Å². The summed E-state index contributed by atoms with van der Waals surface area (Å²) in [6.45, 7) is 0. The second-order valence-electron chi connectivity index (χ2n) is 1.28. The minimum atomic E-state index is -0.478. The van der Waals surface area contributed by atoms with Crippen LogP contribution in [0.1, 0.15) is 0 Å².